The Morgan fingerprint density at radius 3 is 2.61 bits per heavy atom. The highest BCUT2D eigenvalue weighted by Gasteiger charge is 2.27. The predicted octanol–water partition coefficient (Wildman–Crippen LogP) is 2.37. The van der Waals surface area contributed by atoms with E-state index in [-0.39, 0.29) is 23.6 Å². The van der Waals surface area contributed by atoms with Crippen LogP contribution in [0.1, 0.15) is 46.0 Å². The van der Waals surface area contributed by atoms with Crippen molar-refractivity contribution in [2.45, 2.75) is 57.2 Å². The van der Waals surface area contributed by atoms with Gasteiger partial charge in [-0.2, -0.15) is 0 Å². The molecular weight excluding hydrogens is 250 g/mol. The van der Waals surface area contributed by atoms with Crippen molar-refractivity contribution in [3.8, 4) is 0 Å². The monoisotopic (exact) mass is 273 g/mol. The normalized spacial score (nSPS) is 19.8. The van der Waals surface area contributed by atoms with Crippen LogP contribution in [0.2, 0.25) is 0 Å². The number of rotatable bonds is 6. The van der Waals surface area contributed by atoms with Gasteiger partial charge in [-0.1, -0.05) is 6.42 Å². The molecule has 1 unspecified atom stereocenters. The standard InChI is InChI=1S/C13H23NO3S/c1-10(2)14(8-5-7-12(15)16)13(17)11-6-3-4-9-18-11/h10-11H,3-9H2,1-2H3,(H,15,16). The Morgan fingerprint density at radius 2 is 2.11 bits per heavy atom. The highest BCUT2D eigenvalue weighted by Crippen LogP contribution is 2.27. The van der Waals surface area contributed by atoms with Gasteiger partial charge in [0, 0.05) is 19.0 Å². The van der Waals surface area contributed by atoms with Gasteiger partial charge in [0.25, 0.3) is 0 Å². The molecular formula is C13H23NO3S. The summed E-state index contributed by atoms with van der Waals surface area (Å²) < 4.78 is 0. The molecule has 1 fully saturated rings. The minimum atomic E-state index is -0.793. The summed E-state index contributed by atoms with van der Waals surface area (Å²) in [5.74, 6) is 0.468. The molecule has 0 spiro atoms. The summed E-state index contributed by atoms with van der Waals surface area (Å²) in [6, 6.07) is 0.147. The van der Waals surface area contributed by atoms with Gasteiger partial charge >= 0.3 is 5.97 Å². The fourth-order valence-electron chi connectivity index (χ4n) is 2.14. The van der Waals surface area contributed by atoms with Gasteiger partial charge in [-0.25, -0.2) is 0 Å². The largest absolute Gasteiger partial charge is 0.481 e. The summed E-state index contributed by atoms with van der Waals surface area (Å²) in [4.78, 5) is 24.7. The van der Waals surface area contributed by atoms with E-state index in [1.54, 1.807) is 11.8 Å². The lowest BCUT2D eigenvalue weighted by Gasteiger charge is -2.31. The lowest BCUT2D eigenvalue weighted by Crippen LogP contribution is -2.43. The van der Waals surface area contributed by atoms with E-state index in [0.29, 0.717) is 13.0 Å². The van der Waals surface area contributed by atoms with E-state index in [9.17, 15) is 9.59 Å². The van der Waals surface area contributed by atoms with Crippen LogP contribution in [0.25, 0.3) is 0 Å². The molecule has 0 aliphatic carbocycles. The summed E-state index contributed by atoms with van der Waals surface area (Å²) in [5, 5.41) is 8.73. The molecule has 1 N–H and O–H groups in total. The number of hydrogen-bond acceptors (Lipinski definition) is 3. The Bertz CT molecular complexity index is 288. The molecule has 1 aliphatic heterocycles. The number of carbonyl (C=O) groups is 2. The van der Waals surface area contributed by atoms with Gasteiger partial charge in [-0.3, -0.25) is 9.59 Å². The molecule has 18 heavy (non-hydrogen) atoms. The quantitative estimate of drug-likeness (QED) is 0.807. The van der Waals surface area contributed by atoms with Gasteiger partial charge < -0.3 is 10.0 Å². The molecule has 1 heterocycles. The van der Waals surface area contributed by atoms with Crippen LogP contribution in [0, 0.1) is 0 Å². The second-order valence-corrected chi connectivity index (χ2v) is 6.29. The second-order valence-electron chi connectivity index (χ2n) is 4.98. The number of carboxylic acids is 1. The Morgan fingerprint density at radius 1 is 1.39 bits per heavy atom. The molecule has 5 heteroatoms. The van der Waals surface area contributed by atoms with E-state index >= 15 is 0 Å². The molecule has 1 aliphatic rings. The van der Waals surface area contributed by atoms with Crippen LogP contribution in [0.3, 0.4) is 0 Å². The molecule has 1 rings (SSSR count). The van der Waals surface area contributed by atoms with E-state index in [4.69, 9.17) is 5.11 Å². The van der Waals surface area contributed by atoms with E-state index in [0.717, 1.165) is 18.6 Å². The molecule has 0 aromatic rings. The van der Waals surface area contributed by atoms with Crippen molar-refractivity contribution in [1.29, 1.82) is 0 Å². The van der Waals surface area contributed by atoms with Crippen LogP contribution in [-0.2, 0) is 9.59 Å². The summed E-state index contributed by atoms with van der Waals surface area (Å²) >= 11 is 1.75. The topological polar surface area (TPSA) is 57.6 Å². The Balaban J connectivity index is 2.48. The minimum Gasteiger partial charge on any atom is -0.481 e. The van der Waals surface area contributed by atoms with Crippen molar-refractivity contribution in [1.82, 2.24) is 4.90 Å². The fourth-order valence-corrected chi connectivity index (χ4v) is 3.41. The third-order valence-electron chi connectivity index (χ3n) is 3.15. The molecule has 0 radical (unpaired) electrons. The molecule has 0 bridgehead atoms. The smallest absolute Gasteiger partial charge is 0.303 e. The van der Waals surface area contributed by atoms with Gasteiger partial charge in [-0.15, -0.1) is 11.8 Å². The predicted molar refractivity (Wildman–Crippen MR) is 73.8 cm³/mol. The highest BCUT2D eigenvalue weighted by atomic mass is 32.2. The second kappa shape index (κ2) is 7.67. The summed E-state index contributed by atoms with van der Waals surface area (Å²) in [7, 11) is 0. The maximum absolute atomic E-state index is 12.4. The van der Waals surface area contributed by atoms with Crippen molar-refractivity contribution in [2.75, 3.05) is 12.3 Å². The SMILES string of the molecule is CC(C)N(CCCC(=O)O)C(=O)C1CCCCS1. The molecule has 1 amide bonds. The summed E-state index contributed by atoms with van der Waals surface area (Å²) in [6.45, 7) is 4.54. The third-order valence-corrected chi connectivity index (χ3v) is 4.52. The van der Waals surface area contributed by atoms with Gasteiger partial charge in [0.1, 0.15) is 0 Å². The van der Waals surface area contributed by atoms with E-state index in [1.165, 1.54) is 6.42 Å². The van der Waals surface area contributed by atoms with Crippen LogP contribution in [0.15, 0.2) is 0 Å². The molecule has 1 atom stereocenters. The zero-order valence-corrected chi connectivity index (χ0v) is 12.0. The van der Waals surface area contributed by atoms with Crippen LogP contribution < -0.4 is 0 Å². The average Bonchev–Trinajstić information content (AvgIpc) is 2.34. The lowest BCUT2D eigenvalue weighted by atomic mass is 10.1. The Kier molecular flexibility index (Phi) is 6.54. The van der Waals surface area contributed by atoms with Crippen molar-refractivity contribution >= 4 is 23.6 Å². The van der Waals surface area contributed by atoms with E-state index in [2.05, 4.69) is 0 Å². The van der Waals surface area contributed by atoms with Crippen LogP contribution >= 0.6 is 11.8 Å². The molecule has 0 saturated carbocycles. The van der Waals surface area contributed by atoms with Gasteiger partial charge in [-0.05, 0) is 38.9 Å². The molecule has 4 nitrogen and oxygen atoms in total. The maximum atomic E-state index is 12.4. The molecule has 0 aromatic carbocycles. The molecule has 104 valence electrons. The van der Waals surface area contributed by atoms with Crippen molar-refractivity contribution in [3.05, 3.63) is 0 Å². The number of amides is 1. The lowest BCUT2D eigenvalue weighted by molar-refractivity contribution is -0.138. The minimum absolute atomic E-state index is 0.0889. The number of nitrogens with zero attached hydrogens (tertiary/aromatic N) is 1. The van der Waals surface area contributed by atoms with Gasteiger partial charge in [0.2, 0.25) is 5.91 Å². The summed E-state index contributed by atoms with van der Waals surface area (Å²) in [6.07, 6.45) is 3.97. The number of carboxylic acid groups (broad SMARTS) is 1. The first-order chi connectivity index (χ1) is 8.52. The van der Waals surface area contributed by atoms with E-state index in [1.807, 2.05) is 18.7 Å². The first-order valence-electron chi connectivity index (χ1n) is 6.66. The first-order valence-corrected chi connectivity index (χ1v) is 7.71. The Labute approximate surface area is 113 Å². The zero-order chi connectivity index (χ0) is 13.5. The number of carbonyl (C=O) groups excluding carboxylic acids is 1. The highest BCUT2D eigenvalue weighted by molar-refractivity contribution is 8.00. The maximum Gasteiger partial charge on any atom is 0.303 e. The fraction of sp³-hybridized carbons (Fsp3) is 0.846. The van der Waals surface area contributed by atoms with Crippen LogP contribution in [0.5, 0.6) is 0 Å². The Hall–Kier alpha value is -0.710. The van der Waals surface area contributed by atoms with Crippen LogP contribution in [0.4, 0.5) is 0 Å². The average molecular weight is 273 g/mol. The van der Waals surface area contributed by atoms with Gasteiger partial charge in [0.15, 0.2) is 0 Å². The molecule has 0 aromatic heterocycles. The first kappa shape index (κ1) is 15.3. The number of aliphatic carboxylic acids is 1. The van der Waals surface area contributed by atoms with Crippen molar-refractivity contribution in [2.24, 2.45) is 0 Å². The third kappa shape index (κ3) is 4.88. The number of thioether (sulfide) groups is 1. The van der Waals surface area contributed by atoms with Gasteiger partial charge in [0.05, 0.1) is 5.25 Å². The number of hydrogen-bond donors (Lipinski definition) is 1. The van der Waals surface area contributed by atoms with Crippen molar-refractivity contribution < 1.29 is 14.7 Å². The van der Waals surface area contributed by atoms with E-state index < -0.39 is 5.97 Å². The molecule has 1 saturated heterocycles. The summed E-state index contributed by atoms with van der Waals surface area (Å²) in [5.41, 5.74) is 0. The van der Waals surface area contributed by atoms with Crippen LogP contribution in [-0.4, -0.2) is 45.5 Å². The van der Waals surface area contributed by atoms with Crippen molar-refractivity contribution in [3.63, 3.8) is 0 Å². The zero-order valence-electron chi connectivity index (χ0n) is 11.2.